The van der Waals surface area contributed by atoms with Gasteiger partial charge in [0.1, 0.15) is 5.75 Å². The lowest BCUT2D eigenvalue weighted by Crippen LogP contribution is -1.99. The molecule has 0 aliphatic carbocycles. The Balaban J connectivity index is 2.11. The average Bonchev–Trinajstić information content (AvgIpc) is 2.72. The van der Waals surface area contributed by atoms with Crippen LogP contribution in [0.25, 0.3) is 0 Å². The number of aromatic nitrogens is 2. The molecule has 6 nitrogen and oxygen atoms in total. The molecule has 96 valence electrons. The van der Waals surface area contributed by atoms with E-state index in [9.17, 15) is 8.42 Å². The number of hydrogen-bond acceptors (Lipinski definition) is 6. The summed E-state index contributed by atoms with van der Waals surface area (Å²) in [5, 5.41) is 3.62. The molecular weight excluding hydrogens is 256 g/mol. The summed E-state index contributed by atoms with van der Waals surface area (Å²) in [6.07, 6.45) is 1.15. The zero-order valence-electron chi connectivity index (χ0n) is 9.95. The minimum absolute atomic E-state index is 0.105. The summed E-state index contributed by atoms with van der Waals surface area (Å²) in [7, 11) is -3.24. The first kappa shape index (κ1) is 12.6. The number of hydrogen-bond donors (Lipinski definition) is 0. The third-order valence-corrected chi connectivity index (χ3v) is 3.28. The highest BCUT2D eigenvalue weighted by atomic mass is 32.2. The number of aryl methyl sites for hydroxylation is 1. The van der Waals surface area contributed by atoms with Crippen LogP contribution in [0.1, 0.15) is 11.7 Å². The molecular formula is C11H12N2O4S. The predicted molar refractivity (Wildman–Crippen MR) is 62.9 cm³/mol. The van der Waals surface area contributed by atoms with Crippen molar-refractivity contribution in [3.63, 3.8) is 0 Å². The van der Waals surface area contributed by atoms with Crippen molar-refractivity contribution in [2.24, 2.45) is 0 Å². The van der Waals surface area contributed by atoms with Gasteiger partial charge in [-0.1, -0.05) is 11.2 Å². The Morgan fingerprint density at radius 2 is 2.17 bits per heavy atom. The zero-order chi connectivity index (χ0) is 13.2. The fourth-order valence-corrected chi connectivity index (χ4v) is 1.99. The molecule has 0 radical (unpaired) electrons. The summed E-state index contributed by atoms with van der Waals surface area (Å²) in [5.74, 6) is 1.31. The van der Waals surface area contributed by atoms with E-state index in [4.69, 9.17) is 9.26 Å². The van der Waals surface area contributed by atoms with Gasteiger partial charge >= 0.3 is 0 Å². The third kappa shape index (κ3) is 3.07. The van der Waals surface area contributed by atoms with Crippen LogP contribution in [0.4, 0.5) is 0 Å². The van der Waals surface area contributed by atoms with Gasteiger partial charge in [0.05, 0.1) is 4.90 Å². The Labute approximate surface area is 105 Å². The van der Waals surface area contributed by atoms with Crippen LogP contribution in [0.2, 0.25) is 0 Å². The van der Waals surface area contributed by atoms with Crippen LogP contribution in [-0.4, -0.2) is 24.8 Å². The molecule has 0 saturated heterocycles. The first-order chi connectivity index (χ1) is 8.45. The van der Waals surface area contributed by atoms with Gasteiger partial charge in [0.2, 0.25) is 0 Å². The van der Waals surface area contributed by atoms with Crippen LogP contribution >= 0.6 is 0 Å². The maximum absolute atomic E-state index is 11.4. The molecule has 2 rings (SSSR count). The number of benzene rings is 1. The number of nitrogens with zero attached hydrogens (tertiary/aromatic N) is 2. The van der Waals surface area contributed by atoms with Crippen molar-refractivity contribution in [2.75, 3.05) is 6.26 Å². The SMILES string of the molecule is Cc1noc(COc2cccc(S(C)(=O)=O)c2)n1. The van der Waals surface area contributed by atoms with Gasteiger partial charge in [-0.3, -0.25) is 0 Å². The van der Waals surface area contributed by atoms with Crippen molar-refractivity contribution in [1.82, 2.24) is 10.1 Å². The summed E-state index contributed by atoms with van der Waals surface area (Å²) in [6.45, 7) is 1.81. The van der Waals surface area contributed by atoms with Crippen molar-refractivity contribution in [2.45, 2.75) is 18.4 Å². The average molecular weight is 268 g/mol. The standard InChI is InChI=1S/C11H12N2O4S/c1-8-12-11(17-13-8)7-16-9-4-3-5-10(6-9)18(2,14)15/h3-6H,7H2,1-2H3. The number of ether oxygens (including phenoxy) is 1. The smallest absolute Gasteiger partial charge is 0.264 e. The van der Waals surface area contributed by atoms with Gasteiger partial charge < -0.3 is 9.26 Å². The van der Waals surface area contributed by atoms with E-state index in [1.54, 1.807) is 19.1 Å². The maximum atomic E-state index is 11.4. The molecule has 0 aliphatic heterocycles. The fourth-order valence-electron chi connectivity index (χ4n) is 1.34. The van der Waals surface area contributed by atoms with E-state index in [-0.39, 0.29) is 11.5 Å². The topological polar surface area (TPSA) is 82.3 Å². The Morgan fingerprint density at radius 3 is 2.78 bits per heavy atom. The van der Waals surface area contributed by atoms with Gasteiger partial charge in [-0.15, -0.1) is 0 Å². The Kier molecular flexibility index (Phi) is 3.33. The van der Waals surface area contributed by atoms with Crippen molar-refractivity contribution in [3.8, 4) is 5.75 Å². The molecule has 1 heterocycles. The van der Waals surface area contributed by atoms with E-state index in [0.29, 0.717) is 17.5 Å². The molecule has 2 aromatic rings. The second-order valence-corrected chi connectivity index (χ2v) is 5.79. The van der Waals surface area contributed by atoms with Crippen molar-refractivity contribution < 1.29 is 17.7 Å². The quantitative estimate of drug-likeness (QED) is 0.832. The van der Waals surface area contributed by atoms with Gasteiger partial charge in [0.15, 0.2) is 22.3 Å². The third-order valence-electron chi connectivity index (χ3n) is 2.17. The second kappa shape index (κ2) is 4.77. The second-order valence-electron chi connectivity index (χ2n) is 3.77. The molecule has 0 bridgehead atoms. The van der Waals surface area contributed by atoms with Gasteiger partial charge in [-0.25, -0.2) is 8.42 Å². The number of rotatable bonds is 4. The Bertz CT molecular complexity index is 649. The minimum Gasteiger partial charge on any atom is -0.484 e. The highest BCUT2D eigenvalue weighted by Crippen LogP contribution is 2.18. The van der Waals surface area contributed by atoms with Crippen molar-refractivity contribution >= 4 is 9.84 Å². The molecule has 0 N–H and O–H groups in total. The van der Waals surface area contributed by atoms with E-state index < -0.39 is 9.84 Å². The van der Waals surface area contributed by atoms with E-state index in [0.717, 1.165) is 6.26 Å². The van der Waals surface area contributed by atoms with Gasteiger partial charge in [-0.05, 0) is 25.1 Å². The van der Waals surface area contributed by atoms with Crippen LogP contribution in [0.3, 0.4) is 0 Å². The van der Waals surface area contributed by atoms with Crippen LogP contribution in [0.5, 0.6) is 5.75 Å². The van der Waals surface area contributed by atoms with Gasteiger partial charge in [0, 0.05) is 6.26 Å². The minimum atomic E-state index is -3.24. The molecule has 0 aliphatic rings. The summed E-state index contributed by atoms with van der Waals surface area (Å²) in [4.78, 5) is 4.19. The van der Waals surface area contributed by atoms with Crippen molar-refractivity contribution in [3.05, 3.63) is 36.0 Å². The van der Waals surface area contributed by atoms with Crippen LogP contribution in [0, 0.1) is 6.92 Å². The molecule has 0 amide bonds. The molecule has 18 heavy (non-hydrogen) atoms. The normalized spacial score (nSPS) is 11.4. The van der Waals surface area contributed by atoms with Crippen LogP contribution < -0.4 is 4.74 Å². The van der Waals surface area contributed by atoms with E-state index in [1.807, 2.05) is 0 Å². The fraction of sp³-hybridized carbons (Fsp3) is 0.273. The highest BCUT2D eigenvalue weighted by molar-refractivity contribution is 7.90. The summed E-state index contributed by atoms with van der Waals surface area (Å²) in [5.41, 5.74) is 0. The van der Waals surface area contributed by atoms with Gasteiger partial charge in [-0.2, -0.15) is 4.98 Å². The molecule has 0 fully saturated rings. The van der Waals surface area contributed by atoms with Crippen LogP contribution in [0.15, 0.2) is 33.7 Å². The molecule has 1 aromatic carbocycles. The van der Waals surface area contributed by atoms with E-state index >= 15 is 0 Å². The summed E-state index contributed by atoms with van der Waals surface area (Å²) in [6, 6.07) is 6.25. The maximum Gasteiger partial charge on any atom is 0.264 e. The van der Waals surface area contributed by atoms with Crippen molar-refractivity contribution in [1.29, 1.82) is 0 Å². The van der Waals surface area contributed by atoms with Gasteiger partial charge in [0.25, 0.3) is 5.89 Å². The Morgan fingerprint density at radius 1 is 1.39 bits per heavy atom. The Hall–Kier alpha value is -1.89. The van der Waals surface area contributed by atoms with E-state index in [2.05, 4.69) is 10.1 Å². The number of sulfone groups is 1. The molecule has 0 spiro atoms. The largest absolute Gasteiger partial charge is 0.484 e. The lowest BCUT2D eigenvalue weighted by molar-refractivity contribution is 0.242. The highest BCUT2D eigenvalue weighted by Gasteiger charge is 2.09. The molecule has 0 saturated carbocycles. The monoisotopic (exact) mass is 268 g/mol. The first-order valence-electron chi connectivity index (χ1n) is 5.17. The lowest BCUT2D eigenvalue weighted by atomic mass is 10.3. The zero-order valence-corrected chi connectivity index (χ0v) is 10.8. The lowest BCUT2D eigenvalue weighted by Gasteiger charge is -2.04. The first-order valence-corrected chi connectivity index (χ1v) is 7.06. The predicted octanol–water partition coefficient (Wildman–Crippen LogP) is 1.36. The summed E-state index contributed by atoms with van der Waals surface area (Å²) >= 11 is 0. The molecule has 0 atom stereocenters. The molecule has 7 heteroatoms. The van der Waals surface area contributed by atoms with E-state index in [1.165, 1.54) is 12.1 Å². The molecule has 1 aromatic heterocycles. The molecule has 0 unspecified atom stereocenters. The van der Waals surface area contributed by atoms with Crippen LogP contribution in [-0.2, 0) is 16.4 Å². The summed E-state index contributed by atoms with van der Waals surface area (Å²) < 4.78 is 33.0.